The standard InChI is InChI=1S/C18H21NO3S/c1-21-15-10-6-4-8-13(15)16(22-2)12-19-18(20)14-9-5-7-11-17(14)23-3/h4-11,16H,12H2,1-3H3,(H,19,20). The molecule has 1 amide bonds. The van der Waals surface area contributed by atoms with Gasteiger partial charge in [-0.05, 0) is 24.5 Å². The van der Waals surface area contributed by atoms with E-state index in [0.29, 0.717) is 12.1 Å². The van der Waals surface area contributed by atoms with Crippen molar-refractivity contribution < 1.29 is 14.3 Å². The van der Waals surface area contributed by atoms with E-state index in [0.717, 1.165) is 16.2 Å². The molecule has 0 bridgehead atoms. The van der Waals surface area contributed by atoms with E-state index in [9.17, 15) is 4.79 Å². The molecule has 0 aliphatic carbocycles. The van der Waals surface area contributed by atoms with Gasteiger partial charge in [-0.15, -0.1) is 11.8 Å². The number of carbonyl (C=O) groups excluding carboxylic acids is 1. The van der Waals surface area contributed by atoms with Crippen molar-refractivity contribution in [1.82, 2.24) is 5.32 Å². The summed E-state index contributed by atoms with van der Waals surface area (Å²) in [5.74, 6) is 0.644. The first-order valence-corrected chi connectivity index (χ1v) is 8.50. The van der Waals surface area contributed by atoms with Crippen LogP contribution in [-0.2, 0) is 4.74 Å². The van der Waals surface area contributed by atoms with Crippen molar-refractivity contribution in [3.05, 3.63) is 59.7 Å². The van der Waals surface area contributed by atoms with Crippen LogP contribution >= 0.6 is 11.8 Å². The van der Waals surface area contributed by atoms with Gasteiger partial charge in [-0.1, -0.05) is 30.3 Å². The highest BCUT2D eigenvalue weighted by atomic mass is 32.2. The maximum Gasteiger partial charge on any atom is 0.252 e. The monoisotopic (exact) mass is 331 g/mol. The van der Waals surface area contributed by atoms with Crippen molar-refractivity contribution in [1.29, 1.82) is 0 Å². The third kappa shape index (κ3) is 4.27. The summed E-state index contributed by atoms with van der Waals surface area (Å²) in [6.45, 7) is 0.373. The number of rotatable bonds is 7. The Labute approximate surface area is 141 Å². The largest absolute Gasteiger partial charge is 0.496 e. The molecule has 0 heterocycles. The molecule has 0 spiro atoms. The van der Waals surface area contributed by atoms with Crippen molar-refractivity contribution in [3.63, 3.8) is 0 Å². The van der Waals surface area contributed by atoms with Gasteiger partial charge >= 0.3 is 0 Å². The molecule has 1 atom stereocenters. The first kappa shape index (κ1) is 17.4. The van der Waals surface area contributed by atoms with E-state index in [1.807, 2.05) is 54.8 Å². The van der Waals surface area contributed by atoms with Gasteiger partial charge in [0.1, 0.15) is 11.9 Å². The van der Waals surface area contributed by atoms with E-state index in [2.05, 4.69) is 5.32 Å². The Kier molecular flexibility index (Phi) is 6.50. The van der Waals surface area contributed by atoms with Crippen LogP contribution in [0.3, 0.4) is 0 Å². The Balaban J connectivity index is 2.10. The Morgan fingerprint density at radius 2 is 1.83 bits per heavy atom. The summed E-state index contributed by atoms with van der Waals surface area (Å²) < 4.78 is 10.9. The van der Waals surface area contributed by atoms with Gasteiger partial charge < -0.3 is 14.8 Å². The number of nitrogens with one attached hydrogen (secondary N) is 1. The van der Waals surface area contributed by atoms with Gasteiger partial charge in [-0.2, -0.15) is 0 Å². The van der Waals surface area contributed by atoms with E-state index < -0.39 is 0 Å². The minimum atomic E-state index is -0.267. The van der Waals surface area contributed by atoms with Gasteiger partial charge in [0.2, 0.25) is 0 Å². The van der Waals surface area contributed by atoms with E-state index in [1.165, 1.54) is 0 Å². The summed E-state index contributed by atoms with van der Waals surface area (Å²) in [5.41, 5.74) is 1.59. The molecule has 0 saturated carbocycles. The zero-order valence-electron chi connectivity index (χ0n) is 13.5. The van der Waals surface area contributed by atoms with Gasteiger partial charge in [0.25, 0.3) is 5.91 Å². The Hall–Kier alpha value is -1.98. The van der Waals surface area contributed by atoms with Crippen LogP contribution < -0.4 is 10.1 Å². The number of thioether (sulfide) groups is 1. The second kappa shape index (κ2) is 8.60. The van der Waals surface area contributed by atoms with Crippen LogP contribution in [0.1, 0.15) is 22.0 Å². The van der Waals surface area contributed by atoms with Crippen molar-refractivity contribution in [2.45, 2.75) is 11.0 Å². The molecule has 0 aliphatic rings. The average molecular weight is 331 g/mol. The van der Waals surface area contributed by atoms with Crippen LogP contribution in [0.5, 0.6) is 5.75 Å². The molecule has 2 rings (SSSR count). The summed E-state index contributed by atoms with van der Waals surface area (Å²) in [7, 11) is 3.25. The predicted molar refractivity (Wildman–Crippen MR) is 93.3 cm³/mol. The minimum absolute atomic E-state index is 0.105. The Bertz CT molecular complexity index is 660. The van der Waals surface area contributed by atoms with E-state index in [4.69, 9.17) is 9.47 Å². The van der Waals surface area contributed by atoms with Gasteiger partial charge in [0.15, 0.2) is 0 Å². The van der Waals surface area contributed by atoms with Gasteiger partial charge in [0, 0.05) is 24.1 Å². The zero-order valence-corrected chi connectivity index (χ0v) is 14.4. The maximum absolute atomic E-state index is 12.4. The van der Waals surface area contributed by atoms with Crippen molar-refractivity contribution in [2.24, 2.45) is 0 Å². The molecule has 0 saturated heterocycles. The lowest BCUT2D eigenvalue weighted by Crippen LogP contribution is -2.29. The molecular formula is C18H21NO3S. The fourth-order valence-corrected chi connectivity index (χ4v) is 2.96. The number of hydrogen-bond acceptors (Lipinski definition) is 4. The first-order valence-electron chi connectivity index (χ1n) is 7.28. The second-order valence-corrected chi connectivity index (χ2v) is 5.72. The molecule has 2 aromatic carbocycles. The predicted octanol–water partition coefficient (Wildman–Crippen LogP) is 3.53. The fourth-order valence-electron chi connectivity index (χ4n) is 2.37. The first-order chi connectivity index (χ1) is 11.2. The summed E-state index contributed by atoms with van der Waals surface area (Å²) in [5, 5.41) is 2.94. The number of methoxy groups -OCH3 is 2. The lowest BCUT2D eigenvalue weighted by Gasteiger charge is -2.19. The quantitative estimate of drug-likeness (QED) is 0.789. The van der Waals surface area contributed by atoms with Crippen molar-refractivity contribution in [2.75, 3.05) is 27.0 Å². The number of carbonyl (C=O) groups is 1. The van der Waals surface area contributed by atoms with Crippen LogP contribution in [0.15, 0.2) is 53.4 Å². The molecule has 0 fully saturated rings. The molecule has 1 unspecified atom stereocenters. The number of amides is 1. The summed E-state index contributed by atoms with van der Waals surface area (Å²) in [6, 6.07) is 15.2. The number of hydrogen-bond donors (Lipinski definition) is 1. The molecule has 122 valence electrons. The zero-order chi connectivity index (χ0) is 16.7. The average Bonchev–Trinajstić information content (AvgIpc) is 2.62. The third-order valence-electron chi connectivity index (χ3n) is 3.57. The molecule has 4 nitrogen and oxygen atoms in total. The highest BCUT2D eigenvalue weighted by molar-refractivity contribution is 7.98. The van der Waals surface area contributed by atoms with Gasteiger partial charge in [-0.25, -0.2) is 0 Å². The third-order valence-corrected chi connectivity index (χ3v) is 4.37. The van der Waals surface area contributed by atoms with Crippen molar-refractivity contribution in [3.8, 4) is 5.75 Å². The molecule has 0 radical (unpaired) electrons. The van der Waals surface area contributed by atoms with Gasteiger partial charge in [0.05, 0.1) is 12.7 Å². The Morgan fingerprint density at radius 3 is 2.52 bits per heavy atom. The number of ether oxygens (including phenoxy) is 2. The molecular weight excluding hydrogens is 310 g/mol. The van der Waals surface area contributed by atoms with Crippen LogP contribution in [-0.4, -0.2) is 32.9 Å². The molecule has 2 aromatic rings. The van der Waals surface area contributed by atoms with E-state index in [1.54, 1.807) is 26.0 Å². The summed E-state index contributed by atoms with van der Waals surface area (Å²) in [6.07, 6.45) is 1.69. The highest BCUT2D eigenvalue weighted by Crippen LogP contribution is 2.26. The molecule has 23 heavy (non-hydrogen) atoms. The van der Waals surface area contributed by atoms with Crippen LogP contribution in [0.2, 0.25) is 0 Å². The molecule has 5 heteroatoms. The van der Waals surface area contributed by atoms with Crippen LogP contribution in [0, 0.1) is 0 Å². The molecule has 1 N–H and O–H groups in total. The highest BCUT2D eigenvalue weighted by Gasteiger charge is 2.17. The number of benzene rings is 2. The minimum Gasteiger partial charge on any atom is -0.496 e. The van der Waals surface area contributed by atoms with E-state index in [-0.39, 0.29) is 12.0 Å². The van der Waals surface area contributed by atoms with Crippen LogP contribution in [0.4, 0.5) is 0 Å². The SMILES string of the molecule is COc1ccccc1C(CNC(=O)c1ccccc1SC)OC. The van der Waals surface area contributed by atoms with Crippen LogP contribution in [0.25, 0.3) is 0 Å². The molecule has 0 aromatic heterocycles. The van der Waals surface area contributed by atoms with Gasteiger partial charge in [-0.3, -0.25) is 4.79 Å². The lowest BCUT2D eigenvalue weighted by atomic mass is 10.1. The normalized spacial score (nSPS) is 11.8. The molecule has 0 aliphatic heterocycles. The fraction of sp³-hybridized carbons (Fsp3) is 0.278. The lowest BCUT2D eigenvalue weighted by molar-refractivity contribution is 0.0817. The maximum atomic E-state index is 12.4. The Morgan fingerprint density at radius 1 is 1.13 bits per heavy atom. The summed E-state index contributed by atoms with van der Waals surface area (Å²) in [4.78, 5) is 13.4. The number of para-hydroxylation sites is 1. The smallest absolute Gasteiger partial charge is 0.252 e. The van der Waals surface area contributed by atoms with Crippen molar-refractivity contribution >= 4 is 17.7 Å². The van der Waals surface area contributed by atoms with E-state index >= 15 is 0 Å². The topological polar surface area (TPSA) is 47.6 Å². The summed E-state index contributed by atoms with van der Waals surface area (Å²) >= 11 is 1.55. The second-order valence-electron chi connectivity index (χ2n) is 4.88.